The fourth-order valence-electron chi connectivity index (χ4n) is 4.22. The fourth-order valence-corrected chi connectivity index (χ4v) is 4.22. The van der Waals surface area contributed by atoms with E-state index < -0.39 is 6.10 Å². The van der Waals surface area contributed by atoms with Crippen molar-refractivity contribution in [1.82, 2.24) is 0 Å². The Bertz CT molecular complexity index is 685. The molecule has 2 aromatic rings. The highest BCUT2D eigenvalue weighted by Crippen LogP contribution is 2.27. The van der Waals surface area contributed by atoms with E-state index in [9.17, 15) is 9.90 Å². The van der Waals surface area contributed by atoms with Gasteiger partial charge in [-0.25, -0.2) is 0 Å². The molecule has 0 spiro atoms. The molecule has 0 aromatic heterocycles. The molecule has 4 rings (SSSR count). The molecule has 30 heavy (non-hydrogen) atoms. The van der Waals surface area contributed by atoms with Crippen molar-refractivity contribution in [2.24, 2.45) is 0 Å². The van der Waals surface area contributed by atoms with Crippen LogP contribution < -0.4 is 0 Å². The number of ether oxygens (including phenoxy) is 1. The quantitative estimate of drug-likeness (QED) is 0.545. The van der Waals surface area contributed by atoms with Crippen molar-refractivity contribution in [3.8, 4) is 0 Å². The van der Waals surface area contributed by atoms with Gasteiger partial charge in [-0.2, -0.15) is 0 Å². The Kier molecular flexibility index (Phi) is 10.8. The van der Waals surface area contributed by atoms with Crippen LogP contribution in [0.1, 0.15) is 93.7 Å². The summed E-state index contributed by atoms with van der Waals surface area (Å²) < 4.78 is 6.13. The molecule has 3 heteroatoms. The first-order valence-electron chi connectivity index (χ1n) is 11.2. The molecule has 2 fully saturated rings. The summed E-state index contributed by atoms with van der Waals surface area (Å²) in [5.74, 6) is -0.271. The van der Waals surface area contributed by atoms with Gasteiger partial charge >= 0.3 is 0 Å². The topological polar surface area (TPSA) is 46.5 Å². The highest BCUT2D eigenvalue weighted by molar-refractivity contribution is 5.99. The van der Waals surface area contributed by atoms with Crippen LogP contribution in [0.3, 0.4) is 0 Å². The van der Waals surface area contributed by atoms with Gasteiger partial charge in [0.1, 0.15) is 6.10 Å². The fraction of sp³-hybridized carbons (Fsp3) is 0.519. The SMILES string of the molecule is C.C1CCC(OC2CCCCC2)CC1.O=C(c1ccccc1)C(O)c1ccccc1. The van der Waals surface area contributed by atoms with E-state index in [0.717, 1.165) is 0 Å². The molecule has 1 atom stereocenters. The van der Waals surface area contributed by atoms with Crippen molar-refractivity contribution in [3.05, 3.63) is 71.8 Å². The predicted molar refractivity (Wildman–Crippen MR) is 124 cm³/mol. The largest absolute Gasteiger partial charge is 0.380 e. The summed E-state index contributed by atoms with van der Waals surface area (Å²) in [5.41, 5.74) is 1.15. The first-order valence-corrected chi connectivity index (χ1v) is 11.2. The monoisotopic (exact) mass is 410 g/mol. The first-order chi connectivity index (χ1) is 14.2. The summed E-state index contributed by atoms with van der Waals surface area (Å²) in [6.45, 7) is 0. The molecule has 2 aromatic carbocycles. The van der Waals surface area contributed by atoms with Crippen molar-refractivity contribution >= 4 is 5.78 Å². The van der Waals surface area contributed by atoms with Crippen LogP contribution in [0.15, 0.2) is 60.7 Å². The maximum atomic E-state index is 11.9. The molecule has 2 aliphatic carbocycles. The van der Waals surface area contributed by atoms with Gasteiger partial charge < -0.3 is 9.84 Å². The molecule has 1 N–H and O–H groups in total. The Morgan fingerprint density at radius 3 is 1.63 bits per heavy atom. The molecule has 0 heterocycles. The van der Waals surface area contributed by atoms with Gasteiger partial charge in [0, 0.05) is 5.56 Å². The lowest BCUT2D eigenvalue weighted by Gasteiger charge is -2.29. The maximum absolute atomic E-state index is 11.9. The lowest BCUT2D eigenvalue weighted by molar-refractivity contribution is -0.0450. The molecule has 0 bridgehead atoms. The van der Waals surface area contributed by atoms with Gasteiger partial charge in [-0.05, 0) is 31.2 Å². The van der Waals surface area contributed by atoms with E-state index in [4.69, 9.17) is 4.74 Å². The number of carbonyl (C=O) groups is 1. The number of hydrogen-bond acceptors (Lipinski definition) is 3. The number of rotatable bonds is 5. The van der Waals surface area contributed by atoms with E-state index in [1.165, 1.54) is 64.2 Å². The van der Waals surface area contributed by atoms with Gasteiger partial charge in [0.2, 0.25) is 0 Å². The molecule has 0 saturated heterocycles. The third-order valence-corrected chi connectivity index (χ3v) is 5.91. The van der Waals surface area contributed by atoms with Gasteiger partial charge in [-0.15, -0.1) is 0 Å². The van der Waals surface area contributed by atoms with Gasteiger partial charge in [0.05, 0.1) is 12.2 Å². The lowest BCUT2D eigenvalue weighted by atomic mass is 9.95. The molecule has 164 valence electrons. The van der Waals surface area contributed by atoms with E-state index >= 15 is 0 Å². The minimum absolute atomic E-state index is 0. The van der Waals surface area contributed by atoms with Gasteiger partial charge in [-0.3, -0.25) is 4.79 Å². The Balaban J connectivity index is 0.000000211. The average molecular weight is 411 g/mol. The maximum Gasteiger partial charge on any atom is 0.195 e. The van der Waals surface area contributed by atoms with E-state index in [1.54, 1.807) is 48.5 Å². The third-order valence-electron chi connectivity index (χ3n) is 5.91. The zero-order chi connectivity index (χ0) is 20.3. The number of ketones is 1. The van der Waals surface area contributed by atoms with Crippen molar-refractivity contribution < 1.29 is 14.6 Å². The Hall–Kier alpha value is -1.97. The molecular weight excluding hydrogens is 372 g/mol. The summed E-state index contributed by atoms with van der Waals surface area (Å²) in [6, 6.07) is 17.7. The summed E-state index contributed by atoms with van der Waals surface area (Å²) >= 11 is 0. The molecule has 3 nitrogen and oxygen atoms in total. The third kappa shape index (κ3) is 7.70. The smallest absolute Gasteiger partial charge is 0.195 e. The number of benzene rings is 2. The first kappa shape index (κ1) is 24.3. The average Bonchev–Trinajstić information content (AvgIpc) is 2.81. The molecular formula is C27H38O3. The number of aliphatic hydroxyl groups excluding tert-OH is 1. The van der Waals surface area contributed by atoms with Gasteiger partial charge in [0.15, 0.2) is 5.78 Å². The lowest BCUT2D eigenvalue weighted by Crippen LogP contribution is -2.25. The van der Waals surface area contributed by atoms with Crippen LogP contribution in [0.2, 0.25) is 0 Å². The normalized spacial score (nSPS) is 18.4. The van der Waals surface area contributed by atoms with Crippen molar-refractivity contribution in [2.45, 2.75) is 89.9 Å². The van der Waals surface area contributed by atoms with Crippen LogP contribution in [0.25, 0.3) is 0 Å². The molecule has 0 amide bonds. The van der Waals surface area contributed by atoms with E-state index in [1.807, 2.05) is 12.1 Å². The van der Waals surface area contributed by atoms with Crippen LogP contribution in [-0.4, -0.2) is 23.1 Å². The zero-order valence-corrected chi connectivity index (χ0v) is 17.3. The Morgan fingerprint density at radius 1 is 0.733 bits per heavy atom. The number of hydrogen-bond donors (Lipinski definition) is 1. The number of aliphatic hydroxyl groups is 1. The second kappa shape index (κ2) is 13.4. The van der Waals surface area contributed by atoms with Crippen molar-refractivity contribution in [3.63, 3.8) is 0 Å². The van der Waals surface area contributed by atoms with Gasteiger partial charge in [0.25, 0.3) is 0 Å². The Labute approximate surface area is 182 Å². The van der Waals surface area contributed by atoms with Crippen LogP contribution >= 0.6 is 0 Å². The van der Waals surface area contributed by atoms with E-state index in [2.05, 4.69) is 0 Å². The molecule has 1 unspecified atom stereocenters. The Morgan fingerprint density at radius 2 is 1.17 bits per heavy atom. The summed E-state index contributed by atoms with van der Waals surface area (Å²) in [5, 5.41) is 9.89. The predicted octanol–water partition coefficient (Wildman–Crippen LogP) is 6.91. The highest BCUT2D eigenvalue weighted by atomic mass is 16.5. The van der Waals surface area contributed by atoms with Gasteiger partial charge in [-0.1, -0.05) is 107 Å². The minimum Gasteiger partial charge on any atom is -0.380 e. The van der Waals surface area contributed by atoms with Crippen molar-refractivity contribution in [1.29, 1.82) is 0 Å². The van der Waals surface area contributed by atoms with E-state index in [-0.39, 0.29) is 13.2 Å². The number of Topliss-reactive ketones (excluding diaryl/α,β-unsaturated/α-hetero) is 1. The highest BCUT2D eigenvalue weighted by Gasteiger charge is 2.20. The molecule has 2 saturated carbocycles. The van der Waals surface area contributed by atoms with Crippen LogP contribution in [0.5, 0.6) is 0 Å². The zero-order valence-electron chi connectivity index (χ0n) is 17.3. The van der Waals surface area contributed by atoms with Crippen LogP contribution in [-0.2, 0) is 4.74 Å². The van der Waals surface area contributed by atoms with Crippen molar-refractivity contribution in [2.75, 3.05) is 0 Å². The summed E-state index contributed by atoms with van der Waals surface area (Å²) in [7, 11) is 0. The second-order valence-corrected chi connectivity index (χ2v) is 8.20. The minimum atomic E-state index is -1.08. The standard InChI is InChI=1S/C14H12O2.C12H22O.CH4/c15-13(11-7-3-1-4-8-11)14(16)12-9-5-2-6-10-12;1-3-7-11(8-4-1)13-12-9-5-2-6-10-12;/h1-10,13,15H;11-12H,1-10H2;1H4. The molecule has 0 aliphatic heterocycles. The second-order valence-electron chi connectivity index (χ2n) is 8.20. The molecule has 2 aliphatic rings. The van der Waals surface area contributed by atoms with E-state index in [0.29, 0.717) is 23.3 Å². The molecule has 0 radical (unpaired) electrons. The number of carbonyl (C=O) groups excluding carboxylic acids is 1. The summed E-state index contributed by atoms with van der Waals surface area (Å²) in [4.78, 5) is 11.9. The van der Waals surface area contributed by atoms with Crippen LogP contribution in [0.4, 0.5) is 0 Å². The van der Waals surface area contributed by atoms with Crippen LogP contribution in [0, 0.1) is 0 Å². The summed E-state index contributed by atoms with van der Waals surface area (Å²) in [6.07, 6.45) is 14.0.